The largest absolute Gasteiger partial charge is 0.293 e. The maximum absolute atomic E-state index is 12.9. The maximum Gasteiger partial charge on any atom is 0.268 e. The summed E-state index contributed by atoms with van der Waals surface area (Å²) in [7, 11) is -3.86. The van der Waals surface area contributed by atoms with Crippen molar-refractivity contribution in [2.24, 2.45) is 0 Å². The number of halogens is 1. The zero-order valence-electron chi connectivity index (χ0n) is 11.7. The van der Waals surface area contributed by atoms with Gasteiger partial charge in [0.2, 0.25) is 0 Å². The van der Waals surface area contributed by atoms with E-state index in [1.165, 1.54) is 19.1 Å². The van der Waals surface area contributed by atoms with Gasteiger partial charge in [-0.1, -0.05) is 29.8 Å². The summed E-state index contributed by atoms with van der Waals surface area (Å²) in [4.78, 5) is 12.0. The van der Waals surface area contributed by atoms with Gasteiger partial charge in [-0.2, -0.15) is 0 Å². The molecule has 0 atom stereocenters. The smallest absolute Gasteiger partial charge is 0.268 e. The molecule has 0 fully saturated rings. The number of hydrogen-bond donors (Lipinski definition) is 0. The van der Waals surface area contributed by atoms with Crippen molar-refractivity contribution in [2.45, 2.75) is 11.8 Å². The Labute approximate surface area is 133 Å². The van der Waals surface area contributed by atoms with Crippen LogP contribution in [0.5, 0.6) is 0 Å². The van der Waals surface area contributed by atoms with Crippen molar-refractivity contribution in [1.29, 1.82) is 0 Å². The predicted molar refractivity (Wildman–Crippen MR) is 86.0 cm³/mol. The number of aromatic nitrogens is 1. The van der Waals surface area contributed by atoms with Gasteiger partial charge in [-0.15, -0.1) is 0 Å². The Kier molecular flexibility index (Phi) is 3.54. The van der Waals surface area contributed by atoms with Crippen LogP contribution in [0.25, 0.3) is 10.9 Å². The molecule has 3 rings (SSSR count). The van der Waals surface area contributed by atoms with Gasteiger partial charge in [-0.05, 0) is 36.4 Å². The molecule has 1 aromatic heterocycles. The summed E-state index contributed by atoms with van der Waals surface area (Å²) < 4.78 is 26.9. The predicted octanol–water partition coefficient (Wildman–Crippen LogP) is 3.73. The summed E-state index contributed by atoms with van der Waals surface area (Å²) in [5.41, 5.74) is 0.541. The minimum absolute atomic E-state index is 0.112. The summed E-state index contributed by atoms with van der Waals surface area (Å²) in [6, 6.07) is 14.4. The first-order valence-electron chi connectivity index (χ1n) is 6.54. The van der Waals surface area contributed by atoms with Crippen LogP contribution < -0.4 is 0 Å². The third-order valence-corrected chi connectivity index (χ3v) is 5.34. The Morgan fingerprint density at radius 1 is 1.05 bits per heavy atom. The van der Waals surface area contributed by atoms with Crippen molar-refractivity contribution in [2.75, 3.05) is 0 Å². The molecule has 1 heterocycles. The number of carbonyl (C=O) groups is 1. The molecule has 0 aliphatic carbocycles. The summed E-state index contributed by atoms with van der Waals surface area (Å²) in [6.07, 6.45) is 0. The molecule has 0 aliphatic heterocycles. The number of benzene rings is 2. The first kappa shape index (κ1) is 14.8. The second-order valence-corrected chi connectivity index (χ2v) is 7.09. The molecule has 22 heavy (non-hydrogen) atoms. The molecule has 0 unspecified atom stereocenters. The molecule has 0 amide bonds. The fourth-order valence-corrected chi connectivity index (χ4v) is 4.12. The Morgan fingerprint density at radius 2 is 1.73 bits per heavy atom. The molecule has 2 aromatic carbocycles. The van der Waals surface area contributed by atoms with Gasteiger partial charge in [0.1, 0.15) is 5.69 Å². The number of fused-ring (bicyclic) bond motifs is 1. The van der Waals surface area contributed by atoms with Crippen molar-refractivity contribution in [1.82, 2.24) is 3.97 Å². The van der Waals surface area contributed by atoms with Gasteiger partial charge >= 0.3 is 0 Å². The van der Waals surface area contributed by atoms with Crippen LogP contribution >= 0.6 is 11.6 Å². The lowest BCUT2D eigenvalue weighted by molar-refractivity contribution is 0.101. The molecule has 0 radical (unpaired) electrons. The van der Waals surface area contributed by atoms with Crippen molar-refractivity contribution in [3.63, 3.8) is 0 Å². The highest BCUT2D eigenvalue weighted by molar-refractivity contribution is 7.90. The van der Waals surface area contributed by atoms with Crippen LogP contribution in [0.4, 0.5) is 0 Å². The molecule has 0 saturated heterocycles. The van der Waals surface area contributed by atoms with Gasteiger partial charge in [0.25, 0.3) is 10.0 Å². The lowest BCUT2D eigenvalue weighted by atomic mass is 10.2. The van der Waals surface area contributed by atoms with Gasteiger partial charge in [-0.3, -0.25) is 4.79 Å². The minimum Gasteiger partial charge on any atom is -0.293 e. The van der Waals surface area contributed by atoms with E-state index in [-0.39, 0.29) is 16.4 Å². The highest BCUT2D eigenvalue weighted by atomic mass is 35.5. The lowest BCUT2D eigenvalue weighted by Gasteiger charge is -2.10. The summed E-state index contributed by atoms with van der Waals surface area (Å²) in [5, 5.41) is 1.09. The quantitative estimate of drug-likeness (QED) is 0.686. The Morgan fingerprint density at radius 3 is 2.36 bits per heavy atom. The molecule has 112 valence electrons. The Hall–Kier alpha value is -2.11. The molecular formula is C16H12ClNO3S. The number of ketones is 1. The van der Waals surface area contributed by atoms with Crippen LogP contribution in [0, 0.1) is 0 Å². The zero-order valence-corrected chi connectivity index (χ0v) is 13.2. The summed E-state index contributed by atoms with van der Waals surface area (Å²) >= 11 is 5.95. The van der Waals surface area contributed by atoms with Crippen molar-refractivity contribution in [3.05, 3.63) is 65.3 Å². The normalized spacial score (nSPS) is 11.7. The van der Waals surface area contributed by atoms with Gasteiger partial charge in [-0.25, -0.2) is 12.4 Å². The molecule has 0 bridgehead atoms. The van der Waals surface area contributed by atoms with Crippen LogP contribution in [0.1, 0.15) is 17.4 Å². The number of Topliss-reactive ketones (excluding diaryl/α,β-unsaturated/α-hetero) is 1. The minimum atomic E-state index is -3.86. The van der Waals surface area contributed by atoms with Gasteiger partial charge in [0.15, 0.2) is 5.78 Å². The van der Waals surface area contributed by atoms with E-state index >= 15 is 0 Å². The zero-order chi connectivity index (χ0) is 15.9. The van der Waals surface area contributed by atoms with Gasteiger partial charge in [0, 0.05) is 17.3 Å². The highest BCUT2D eigenvalue weighted by Crippen LogP contribution is 2.28. The average molecular weight is 334 g/mol. The van der Waals surface area contributed by atoms with E-state index < -0.39 is 10.0 Å². The van der Waals surface area contributed by atoms with E-state index in [0.29, 0.717) is 15.9 Å². The van der Waals surface area contributed by atoms with Crippen molar-refractivity contribution in [3.8, 4) is 0 Å². The Bertz CT molecular complexity index is 975. The molecule has 0 saturated carbocycles. The van der Waals surface area contributed by atoms with E-state index in [9.17, 15) is 13.2 Å². The number of nitrogens with zero attached hydrogens (tertiary/aromatic N) is 1. The van der Waals surface area contributed by atoms with E-state index in [1.54, 1.807) is 42.5 Å². The van der Waals surface area contributed by atoms with Crippen molar-refractivity contribution < 1.29 is 13.2 Å². The second-order valence-electron chi connectivity index (χ2n) is 4.87. The first-order chi connectivity index (χ1) is 10.4. The molecule has 0 aliphatic rings. The van der Waals surface area contributed by atoms with E-state index in [1.807, 2.05) is 0 Å². The maximum atomic E-state index is 12.9. The fourth-order valence-electron chi connectivity index (χ4n) is 2.36. The number of hydrogen-bond acceptors (Lipinski definition) is 3. The number of rotatable bonds is 3. The molecule has 0 spiro atoms. The van der Waals surface area contributed by atoms with Crippen molar-refractivity contribution >= 4 is 38.3 Å². The summed E-state index contributed by atoms with van der Waals surface area (Å²) in [5.74, 6) is -0.327. The van der Waals surface area contributed by atoms with Gasteiger partial charge in [0.05, 0.1) is 10.4 Å². The van der Waals surface area contributed by atoms with Crippen LogP contribution in [0.15, 0.2) is 59.5 Å². The second kappa shape index (κ2) is 5.26. The molecule has 4 nitrogen and oxygen atoms in total. The van der Waals surface area contributed by atoms with Crippen LogP contribution in [-0.4, -0.2) is 18.2 Å². The summed E-state index contributed by atoms with van der Waals surface area (Å²) in [6.45, 7) is 1.34. The SMILES string of the molecule is CC(=O)c1cc2cc(Cl)ccc2n1S(=O)(=O)c1ccccc1. The number of carbonyl (C=O) groups excluding carboxylic acids is 1. The molecular weight excluding hydrogens is 322 g/mol. The van der Waals surface area contributed by atoms with Crippen LogP contribution in [-0.2, 0) is 10.0 Å². The Balaban J connectivity index is 2.39. The van der Waals surface area contributed by atoms with Crippen LogP contribution in [0.2, 0.25) is 5.02 Å². The van der Waals surface area contributed by atoms with E-state index in [2.05, 4.69) is 0 Å². The third-order valence-electron chi connectivity index (χ3n) is 3.36. The highest BCUT2D eigenvalue weighted by Gasteiger charge is 2.24. The first-order valence-corrected chi connectivity index (χ1v) is 8.35. The third kappa shape index (κ3) is 2.32. The van der Waals surface area contributed by atoms with E-state index in [4.69, 9.17) is 11.6 Å². The lowest BCUT2D eigenvalue weighted by Crippen LogP contribution is -2.17. The van der Waals surface area contributed by atoms with Crippen LogP contribution in [0.3, 0.4) is 0 Å². The molecule has 3 aromatic rings. The topological polar surface area (TPSA) is 56.1 Å². The molecule has 6 heteroatoms. The fraction of sp³-hybridized carbons (Fsp3) is 0.0625. The monoisotopic (exact) mass is 333 g/mol. The van der Waals surface area contributed by atoms with Gasteiger partial charge < -0.3 is 0 Å². The molecule has 0 N–H and O–H groups in total. The average Bonchev–Trinajstić information content (AvgIpc) is 2.87. The van der Waals surface area contributed by atoms with E-state index in [0.717, 1.165) is 3.97 Å². The standard InChI is InChI=1S/C16H12ClNO3S/c1-11(19)16-10-12-9-13(17)7-8-15(12)18(16)22(20,21)14-5-3-2-4-6-14/h2-10H,1H3.